The van der Waals surface area contributed by atoms with Crippen molar-refractivity contribution in [1.29, 1.82) is 0 Å². The highest BCUT2D eigenvalue weighted by Crippen LogP contribution is 2.29. The zero-order valence-electron chi connectivity index (χ0n) is 9.48. The van der Waals surface area contributed by atoms with Crippen molar-refractivity contribution in [3.05, 3.63) is 45.5 Å². The van der Waals surface area contributed by atoms with Crippen LogP contribution in [0.15, 0.2) is 29.1 Å². The predicted octanol–water partition coefficient (Wildman–Crippen LogP) is 1.30. The lowest BCUT2D eigenvalue weighted by Gasteiger charge is -2.06. The molecule has 1 aromatic carbocycles. The molecule has 0 atom stereocenters. The summed E-state index contributed by atoms with van der Waals surface area (Å²) in [6.07, 6.45) is 0.394. The van der Waals surface area contributed by atoms with E-state index in [9.17, 15) is 9.90 Å². The van der Waals surface area contributed by atoms with Gasteiger partial charge in [-0.25, -0.2) is 0 Å². The van der Waals surface area contributed by atoms with E-state index >= 15 is 0 Å². The van der Waals surface area contributed by atoms with Gasteiger partial charge in [-0.3, -0.25) is 4.79 Å². The highest BCUT2D eigenvalue weighted by Gasteiger charge is 2.14. The van der Waals surface area contributed by atoms with Gasteiger partial charge in [-0.2, -0.15) is 4.98 Å². The zero-order valence-corrected chi connectivity index (χ0v) is 10.2. The van der Waals surface area contributed by atoms with Gasteiger partial charge in [-0.1, -0.05) is 29.8 Å². The van der Waals surface area contributed by atoms with Crippen LogP contribution in [-0.4, -0.2) is 21.6 Å². The van der Waals surface area contributed by atoms with Gasteiger partial charge in [0.2, 0.25) is 5.88 Å². The Morgan fingerprint density at radius 3 is 2.72 bits per heavy atom. The molecule has 0 spiro atoms. The van der Waals surface area contributed by atoms with Crippen molar-refractivity contribution in [3.8, 4) is 17.0 Å². The molecular weight excluding hydrogens is 254 g/mol. The third-order valence-corrected chi connectivity index (χ3v) is 2.80. The van der Waals surface area contributed by atoms with E-state index in [2.05, 4.69) is 9.97 Å². The van der Waals surface area contributed by atoms with Crippen molar-refractivity contribution in [1.82, 2.24) is 9.97 Å². The quantitative estimate of drug-likeness (QED) is 0.780. The first kappa shape index (κ1) is 12.6. The highest BCUT2D eigenvalue weighted by atomic mass is 35.5. The standard InChI is InChI=1S/C12H12ClN3O2/c13-8-4-2-1-3-7(8)10-11(17)15-9(5-6-14)16-12(10)18/h1-4H,5-6,14H2,(H2,15,16,17,18). The van der Waals surface area contributed by atoms with E-state index in [-0.39, 0.29) is 11.4 Å². The van der Waals surface area contributed by atoms with E-state index in [4.69, 9.17) is 17.3 Å². The molecule has 0 saturated carbocycles. The second-order valence-corrected chi connectivity index (χ2v) is 4.14. The van der Waals surface area contributed by atoms with Crippen LogP contribution in [0.2, 0.25) is 5.02 Å². The Morgan fingerprint density at radius 1 is 1.39 bits per heavy atom. The molecule has 18 heavy (non-hydrogen) atoms. The lowest BCUT2D eigenvalue weighted by molar-refractivity contribution is 0.450. The summed E-state index contributed by atoms with van der Waals surface area (Å²) in [6, 6.07) is 6.77. The fourth-order valence-corrected chi connectivity index (χ4v) is 1.90. The summed E-state index contributed by atoms with van der Waals surface area (Å²) in [6.45, 7) is 0.341. The number of benzene rings is 1. The Morgan fingerprint density at radius 2 is 2.11 bits per heavy atom. The molecule has 0 fully saturated rings. The third-order valence-electron chi connectivity index (χ3n) is 2.47. The predicted molar refractivity (Wildman–Crippen MR) is 69.7 cm³/mol. The number of rotatable bonds is 3. The molecule has 2 aromatic rings. The minimum atomic E-state index is -0.431. The lowest BCUT2D eigenvalue weighted by Crippen LogP contribution is -2.16. The lowest BCUT2D eigenvalue weighted by atomic mass is 10.1. The molecule has 0 radical (unpaired) electrons. The Balaban J connectivity index is 2.60. The number of nitrogens with zero attached hydrogens (tertiary/aromatic N) is 1. The van der Waals surface area contributed by atoms with Gasteiger partial charge < -0.3 is 15.8 Å². The largest absolute Gasteiger partial charge is 0.493 e. The topological polar surface area (TPSA) is 92.0 Å². The Hall–Kier alpha value is -1.85. The van der Waals surface area contributed by atoms with Crippen LogP contribution in [0.4, 0.5) is 0 Å². The number of aromatic amines is 1. The molecule has 0 saturated heterocycles. The van der Waals surface area contributed by atoms with Gasteiger partial charge in [0.15, 0.2) is 0 Å². The van der Waals surface area contributed by atoms with Crippen molar-refractivity contribution in [2.24, 2.45) is 5.73 Å². The number of hydrogen-bond donors (Lipinski definition) is 3. The van der Waals surface area contributed by atoms with E-state index < -0.39 is 5.56 Å². The Kier molecular flexibility index (Phi) is 3.64. The molecule has 0 unspecified atom stereocenters. The van der Waals surface area contributed by atoms with Crippen LogP contribution in [0, 0.1) is 0 Å². The molecule has 94 valence electrons. The molecule has 1 aromatic heterocycles. The number of nitrogens with one attached hydrogen (secondary N) is 1. The van der Waals surface area contributed by atoms with E-state index in [1.807, 2.05) is 0 Å². The first-order valence-electron chi connectivity index (χ1n) is 5.40. The van der Waals surface area contributed by atoms with Crippen LogP contribution in [0.5, 0.6) is 5.88 Å². The zero-order chi connectivity index (χ0) is 13.1. The maximum Gasteiger partial charge on any atom is 0.262 e. The highest BCUT2D eigenvalue weighted by molar-refractivity contribution is 6.33. The first-order valence-corrected chi connectivity index (χ1v) is 5.78. The van der Waals surface area contributed by atoms with Gasteiger partial charge in [0, 0.05) is 17.0 Å². The molecule has 0 bridgehead atoms. The molecule has 1 heterocycles. The fourth-order valence-electron chi connectivity index (χ4n) is 1.67. The van der Waals surface area contributed by atoms with Crippen LogP contribution in [0.1, 0.15) is 5.82 Å². The average Bonchev–Trinajstić information content (AvgIpc) is 2.31. The number of aromatic nitrogens is 2. The molecular formula is C12H12ClN3O2. The fraction of sp³-hybridized carbons (Fsp3) is 0.167. The molecule has 5 nitrogen and oxygen atoms in total. The van der Waals surface area contributed by atoms with Crippen molar-refractivity contribution < 1.29 is 5.11 Å². The monoisotopic (exact) mass is 265 g/mol. The minimum Gasteiger partial charge on any atom is -0.493 e. The number of aromatic hydroxyl groups is 1. The summed E-state index contributed by atoms with van der Waals surface area (Å²) in [7, 11) is 0. The molecule has 6 heteroatoms. The van der Waals surface area contributed by atoms with E-state index in [1.165, 1.54) is 0 Å². The maximum absolute atomic E-state index is 11.9. The summed E-state index contributed by atoms with van der Waals surface area (Å²) in [5, 5.41) is 10.2. The van der Waals surface area contributed by atoms with Gasteiger partial charge in [0.05, 0.1) is 0 Å². The molecule has 0 aliphatic heterocycles. The van der Waals surface area contributed by atoms with Gasteiger partial charge in [-0.15, -0.1) is 0 Å². The van der Waals surface area contributed by atoms with Gasteiger partial charge in [0.25, 0.3) is 5.56 Å². The van der Waals surface area contributed by atoms with E-state index in [0.717, 1.165) is 0 Å². The van der Waals surface area contributed by atoms with E-state index in [0.29, 0.717) is 29.4 Å². The maximum atomic E-state index is 11.9. The number of H-pyrrole nitrogens is 1. The van der Waals surface area contributed by atoms with Crippen molar-refractivity contribution >= 4 is 11.6 Å². The normalized spacial score (nSPS) is 10.6. The SMILES string of the molecule is NCCc1nc(O)c(-c2ccccc2Cl)c(=O)[nH]1. The van der Waals surface area contributed by atoms with Gasteiger partial charge >= 0.3 is 0 Å². The summed E-state index contributed by atoms with van der Waals surface area (Å²) < 4.78 is 0. The van der Waals surface area contributed by atoms with Crippen LogP contribution >= 0.6 is 11.6 Å². The molecule has 0 amide bonds. The second kappa shape index (κ2) is 5.20. The summed E-state index contributed by atoms with van der Waals surface area (Å²) in [4.78, 5) is 18.4. The minimum absolute atomic E-state index is 0.0707. The van der Waals surface area contributed by atoms with Crippen molar-refractivity contribution in [2.75, 3.05) is 6.54 Å². The number of halogens is 1. The first-order chi connectivity index (χ1) is 8.63. The summed E-state index contributed by atoms with van der Waals surface area (Å²) >= 11 is 5.99. The molecule has 0 aliphatic rings. The molecule has 2 rings (SSSR count). The van der Waals surface area contributed by atoms with Crippen molar-refractivity contribution in [2.45, 2.75) is 6.42 Å². The van der Waals surface area contributed by atoms with Gasteiger partial charge in [0.1, 0.15) is 11.4 Å². The van der Waals surface area contributed by atoms with Gasteiger partial charge in [-0.05, 0) is 12.6 Å². The Labute approximate surface area is 108 Å². The summed E-state index contributed by atoms with van der Waals surface area (Å²) in [5.41, 5.74) is 5.46. The number of nitrogens with two attached hydrogens (primary N) is 1. The molecule has 4 N–H and O–H groups in total. The van der Waals surface area contributed by atoms with Crippen LogP contribution < -0.4 is 11.3 Å². The van der Waals surface area contributed by atoms with Crippen LogP contribution in [-0.2, 0) is 6.42 Å². The Bertz CT molecular complexity index is 625. The summed E-state index contributed by atoms with van der Waals surface area (Å²) in [5.74, 6) is 0.0195. The second-order valence-electron chi connectivity index (χ2n) is 3.73. The molecule has 0 aliphatic carbocycles. The smallest absolute Gasteiger partial charge is 0.262 e. The average molecular weight is 266 g/mol. The van der Waals surface area contributed by atoms with Crippen LogP contribution in [0.25, 0.3) is 11.1 Å². The van der Waals surface area contributed by atoms with E-state index in [1.54, 1.807) is 24.3 Å². The number of hydrogen-bond acceptors (Lipinski definition) is 4. The third kappa shape index (κ3) is 2.37. The van der Waals surface area contributed by atoms with Crippen molar-refractivity contribution in [3.63, 3.8) is 0 Å². The van der Waals surface area contributed by atoms with Crippen LogP contribution in [0.3, 0.4) is 0 Å².